The molecule has 1 aromatic heterocycles. The fourth-order valence-corrected chi connectivity index (χ4v) is 2.44. The third-order valence-corrected chi connectivity index (χ3v) is 3.51. The topological polar surface area (TPSA) is 27.1 Å². The Hall–Kier alpha value is -0.870. The number of para-hydroxylation sites is 1. The molecule has 1 aromatic carbocycles. The first-order valence-corrected chi connectivity index (χ1v) is 7.31. The predicted octanol–water partition coefficient (Wildman–Crippen LogP) is 3.15. The lowest BCUT2D eigenvalue weighted by atomic mass is 10.3. The standard InChI is InChI=1S/C12H15ClN2OS/c1-16-10-5-3-4-9-12(10)14-11(8-13)15(9)6-7-17-2/h3-5H,6-8H2,1-2H3. The summed E-state index contributed by atoms with van der Waals surface area (Å²) in [6.07, 6.45) is 2.10. The molecule has 0 fully saturated rings. The molecule has 0 saturated heterocycles. The molecule has 3 nitrogen and oxygen atoms in total. The molecule has 2 rings (SSSR count). The molecule has 5 heteroatoms. The van der Waals surface area contributed by atoms with Crippen LogP contribution in [-0.2, 0) is 12.4 Å². The van der Waals surface area contributed by atoms with Crippen LogP contribution in [0.2, 0.25) is 0 Å². The van der Waals surface area contributed by atoms with Gasteiger partial charge in [0.1, 0.15) is 17.1 Å². The number of hydrogen-bond acceptors (Lipinski definition) is 3. The van der Waals surface area contributed by atoms with Crippen LogP contribution in [0.25, 0.3) is 11.0 Å². The summed E-state index contributed by atoms with van der Waals surface area (Å²) in [6, 6.07) is 5.96. The minimum Gasteiger partial charge on any atom is -0.494 e. The van der Waals surface area contributed by atoms with Crippen LogP contribution in [-0.4, -0.2) is 28.7 Å². The molecule has 92 valence electrons. The molecule has 0 bridgehead atoms. The second-order valence-corrected chi connectivity index (χ2v) is 4.89. The molecule has 0 radical (unpaired) electrons. The van der Waals surface area contributed by atoms with Crippen molar-refractivity contribution < 1.29 is 4.74 Å². The second-order valence-electron chi connectivity index (χ2n) is 3.63. The van der Waals surface area contributed by atoms with Gasteiger partial charge in [-0.25, -0.2) is 4.98 Å². The number of methoxy groups -OCH3 is 1. The summed E-state index contributed by atoms with van der Waals surface area (Å²) in [6.45, 7) is 0.923. The maximum absolute atomic E-state index is 5.95. The van der Waals surface area contributed by atoms with Gasteiger partial charge in [-0.1, -0.05) is 6.07 Å². The Kier molecular flexibility index (Phi) is 4.18. The van der Waals surface area contributed by atoms with Crippen molar-refractivity contribution in [1.82, 2.24) is 9.55 Å². The summed E-state index contributed by atoms with van der Waals surface area (Å²) in [5.74, 6) is 3.18. The van der Waals surface area contributed by atoms with E-state index >= 15 is 0 Å². The summed E-state index contributed by atoms with van der Waals surface area (Å²) in [5, 5.41) is 0. The Bertz CT molecular complexity index is 512. The zero-order chi connectivity index (χ0) is 12.3. The molecular formula is C12H15ClN2OS. The molecule has 0 saturated carbocycles. The van der Waals surface area contributed by atoms with E-state index in [0.717, 1.165) is 34.9 Å². The maximum Gasteiger partial charge on any atom is 0.146 e. The third kappa shape index (κ3) is 2.38. The number of nitrogens with zero attached hydrogens (tertiary/aromatic N) is 2. The summed E-state index contributed by atoms with van der Waals surface area (Å²) in [5.41, 5.74) is 1.99. The fourth-order valence-electron chi connectivity index (χ4n) is 1.87. The highest BCUT2D eigenvalue weighted by atomic mass is 35.5. The van der Waals surface area contributed by atoms with Gasteiger partial charge in [-0.2, -0.15) is 11.8 Å². The van der Waals surface area contributed by atoms with Gasteiger partial charge in [-0.05, 0) is 18.4 Å². The van der Waals surface area contributed by atoms with Crippen molar-refractivity contribution in [2.45, 2.75) is 12.4 Å². The average Bonchev–Trinajstić information content (AvgIpc) is 2.73. The monoisotopic (exact) mass is 270 g/mol. The third-order valence-electron chi connectivity index (χ3n) is 2.68. The van der Waals surface area contributed by atoms with Gasteiger partial charge in [0.2, 0.25) is 0 Å². The Balaban J connectivity index is 2.55. The van der Waals surface area contributed by atoms with Crippen molar-refractivity contribution in [3.05, 3.63) is 24.0 Å². The number of aromatic nitrogens is 2. The highest BCUT2D eigenvalue weighted by molar-refractivity contribution is 7.98. The van der Waals surface area contributed by atoms with Crippen molar-refractivity contribution in [3.8, 4) is 5.75 Å². The van der Waals surface area contributed by atoms with Crippen LogP contribution < -0.4 is 4.74 Å². The summed E-state index contributed by atoms with van der Waals surface area (Å²) in [7, 11) is 1.66. The van der Waals surface area contributed by atoms with E-state index in [1.165, 1.54) is 0 Å². The zero-order valence-corrected chi connectivity index (χ0v) is 11.5. The number of alkyl halides is 1. The number of aryl methyl sites for hydroxylation is 1. The minimum absolute atomic E-state index is 0.423. The van der Waals surface area contributed by atoms with Gasteiger partial charge in [-0.15, -0.1) is 11.6 Å². The quantitative estimate of drug-likeness (QED) is 0.781. The molecule has 17 heavy (non-hydrogen) atoms. The lowest BCUT2D eigenvalue weighted by Gasteiger charge is -2.06. The Labute approximate surface area is 110 Å². The molecule has 0 aliphatic heterocycles. The number of halogens is 1. The van der Waals surface area contributed by atoms with E-state index in [2.05, 4.69) is 21.9 Å². The van der Waals surface area contributed by atoms with E-state index in [1.807, 2.05) is 23.9 Å². The predicted molar refractivity (Wildman–Crippen MR) is 74.2 cm³/mol. The second kappa shape index (κ2) is 5.65. The van der Waals surface area contributed by atoms with Crippen LogP contribution in [0.15, 0.2) is 18.2 Å². The number of ether oxygens (including phenoxy) is 1. The molecule has 2 aromatic rings. The molecule has 0 spiro atoms. The van der Waals surface area contributed by atoms with Gasteiger partial charge >= 0.3 is 0 Å². The summed E-state index contributed by atoms with van der Waals surface area (Å²) in [4.78, 5) is 4.55. The molecule has 0 atom stereocenters. The van der Waals surface area contributed by atoms with Crippen LogP contribution in [0.5, 0.6) is 5.75 Å². The van der Waals surface area contributed by atoms with Gasteiger partial charge in [0, 0.05) is 12.3 Å². The van der Waals surface area contributed by atoms with Gasteiger partial charge in [0.25, 0.3) is 0 Å². The van der Waals surface area contributed by atoms with Crippen molar-refractivity contribution in [3.63, 3.8) is 0 Å². The molecule has 0 N–H and O–H groups in total. The number of imidazole rings is 1. The minimum atomic E-state index is 0.423. The normalized spacial score (nSPS) is 11.0. The smallest absolute Gasteiger partial charge is 0.146 e. The Morgan fingerprint density at radius 1 is 1.47 bits per heavy atom. The van der Waals surface area contributed by atoms with Crippen LogP contribution in [0, 0.1) is 0 Å². The van der Waals surface area contributed by atoms with E-state index in [0.29, 0.717) is 5.88 Å². The zero-order valence-electron chi connectivity index (χ0n) is 9.94. The number of hydrogen-bond donors (Lipinski definition) is 0. The van der Waals surface area contributed by atoms with E-state index in [1.54, 1.807) is 7.11 Å². The van der Waals surface area contributed by atoms with Gasteiger partial charge in [0.15, 0.2) is 0 Å². The number of fused-ring (bicyclic) bond motifs is 1. The van der Waals surface area contributed by atoms with Gasteiger partial charge < -0.3 is 9.30 Å². The first-order valence-electron chi connectivity index (χ1n) is 5.38. The number of thioether (sulfide) groups is 1. The van der Waals surface area contributed by atoms with Crippen LogP contribution in [0.1, 0.15) is 5.82 Å². The fraction of sp³-hybridized carbons (Fsp3) is 0.417. The van der Waals surface area contributed by atoms with Crippen molar-refractivity contribution in [2.75, 3.05) is 19.1 Å². The van der Waals surface area contributed by atoms with Crippen molar-refractivity contribution >= 4 is 34.4 Å². The molecule has 0 aliphatic carbocycles. The van der Waals surface area contributed by atoms with Crippen LogP contribution in [0.3, 0.4) is 0 Å². The van der Waals surface area contributed by atoms with E-state index < -0.39 is 0 Å². The van der Waals surface area contributed by atoms with E-state index in [4.69, 9.17) is 16.3 Å². The SMILES string of the molecule is COc1cccc2c1nc(CCl)n2CCSC. The lowest BCUT2D eigenvalue weighted by Crippen LogP contribution is -2.04. The van der Waals surface area contributed by atoms with E-state index in [9.17, 15) is 0 Å². The van der Waals surface area contributed by atoms with Gasteiger partial charge in [-0.3, -0.25) is 0 Å². The highest BCUT2D eigenvalue weighted by Crippen LogP contribution is 2.26. The Morgan fingerprint density at radius 2 is 2.29 bits per heavy atom. The van der Waals surface area contributed by atoms with Crippen molar-refractivity contribution in [2.24, 2.45) is 0 Å². The highest BCUT2D eigenvalue weighted by Gasteiger charge is 2.12. The summed E-state index contributed by atoms with van der Waals surface area (Å²) < 4.78 is 7.49. The largest absolute Gasteiger partial charge is 0.494 e. The first-order chi connectivity index (χ1) is 8.31. The number of benzene rings is 1. The molecular weight excluding hydrogens is 256 g/mol. The lowest BCUT2D eigenvalue weighted by molar-refractivity contribution is 0.419. The first kappa shape index (κ1) is 12.6. The van der Waals surface area contributed by atoms with E-state index in [-0.39, 0.29) is 0 Å². The Morgan fingerprint density at radius 3 is 2.94 bits per heavy atom. The molecule has 0 unspecified atom stereocenters. The maximum atomic E-state index is 5.95. The average molecular weight is 271 g/mol. The molecule has 0 aliphatic rings. The molecule has 0 amide bonds. The van der Waals surface area contributed by atoms with Crippen LogP contribution >= 0.6 is 23.4 Å². The van der Waals surface area contributed by atoms with Gasteiger partial charge in [0.05, 0.1) is 18.5 Å². The summed E-state index contributed by atoms with van der Waals surface area (Å²) >= 11 is 7.76. The van der Waals surface area contributed by atoms with Crippen LogP contribution in [0.4, 0.5) is 0 Å². The number of rotatable bonds is 5. The van der Waals surface area contributed by atoms with Crippen molar-refractivity contribution in [1.29, 1.82) is 0 Å². The molecule has 1 heterocycles.